The molecule has 0 saturated heterocycles. The van der Waals surface area contributed by atoms with E-state index in [-0.39, 0.29) is 11.5 Å². The molecule has 0 heterocycles. The van der Waals surface area contributed by atoms with E-state index in [4.69, 9.17) is 0 Å². The molecule has 3 N–H and O–H groups in total. The number of rotatable bonds is 4. The Hall–Kier alpha value is -2.01. The fourth-order valence-corrected chi connectivity index (χ4v) is 2.38. The largest absolute Gasteiger partial charge is 0.508 e. The highest BCUT2D eigenvalue weighted by Gasteiger charge is 2.14. The summed E-state index contributed by atoms with van der Waals surface area (Å²) in [4.78, 5) is 0. The summed E-state index contributed by atoms with van der Waals surface area (Å²) in [5.74, 6) is -0.0608. The van der Waals surface area contributed by atoms with Gasteiger partial charge in [-0.25, -0.2) is 0 Å². The second-order valence-electron chi connectivity index (χ2n) is 4.70. The third-order valence-corrected chi connectivity index (χ3v) is 3.82. The number of hydrogen-bond acceptors (Lipinski definition) is 4. The molecule has 21 heavy (non-hydrogen) atoms. The topological polar surface area (TPSA) is 73.1 Å². The maximum Gasteiger partial charge on any atom is 0.128 e. The minimum absolute atomic E-state index is 0.0414. The zero-order valence-electron chi connectivity index (χ0n) is 11.5. The number of benzene rings is 2. The predicted octanol–water partition coefficient (Wildman–Crippen LogP) is 3.84. The van der Waals surface area contributed by atoms with E-state index in [1.165, 1.54) is 6.07 Å². The van der Waals surface area contributed by atoms with Gasteiger partial charge in [-0.1, -0.05) is 40.1 Å². The number of phenols is 2. The molecule has 0 bridgehead atoms. The first-order valence-electron chi connectivity index (χ1n) is 6.55. The average molecular weight is 350 g/mol. The van der Waals surface area contributed by atoms with Crippen LogP contribution in [-0.4, -0.2) is 21.1 Å². The summed E-state index contributed by atoms with van der Waals surface area (Å²) in [7, 11) is 0. The molecular formula is C16H16BrNO3. The molecule has 0 aliphatic rings. The van der Waals surface area contributed by atoms with E-state index in [9.17, 15) is 15.4 Å². The van der Waals surface area contributed by atoms with Crippen molar-refractivity contribution in [2.75, 3.05) is 0 Å². The fraction of sp³-hybridized carbons (Fsp3) is 0.188. The SMILES string of the molecule is CCc1cc(C(Cc2ccc(Br)cc2)=NO)c(O)cc1O. The van der Waals surface area contributed by atoms with Gasteiger partial charge in [0, 0.05) is 22.5 Å². The molecule has 0 spiro atoms. The molecule has 0 radical (unpaired) electrons. The van der Waals surface area contributed by atoms with Crippen molar-refractivity contribution in [1.29, 1.82) is 0 Å². The zero-order valence-corrected chi connectivity index (χ0v) is 13.1. The molecule has 0 atom stereocenters. The van der Waals surface area contributed by atoms with Crippen molar-refractivity contribution in [2.24, 2.45) is 5.16 Å². The van der Waals surface area contributed by atoms with Crippen LogP contribution in [0.15, 0.2) is 46.0 Å². The number of nitrogens with zero attached hydrogens (tertiary/aromatic N) is 1. The lowest BCUT2D eigenvalue weighted by Crippen LogP contribution is -2.06. The van der Waals surface area contributed by atoms with Gasteiger partial charge in [0.05, 0.1) is 5.71 Å². The van der Waals surface area contributed by atoms with Crippen LogP contribution in [0, 0.1) is 0 Å². The van der Waals surface area contributed by atoms with Crippen LogP contribution in [-0.2, 0) is 12.8 Å². The molecule has 0 unspecified atom stereocenters. The lowest BCUT2D eigenvalue weighted by atomic mass is 9.98. The number of halogens is 1. The molecule has 110 valence electrons. The van der Waals surface area contributed by atoms with Crippen LogP contribution in [0.2, 0.25) is 0 Å². The molecule has 2 aromatic carbocycles. The Labute approximate surface area is 131 Å². The molecule has 2 aromatic rings. The van der Waals surface area contributed by atoms with E-state index in [0.717, 1.165) is 10.0 Å². The number of aromatic hydroxyl groups is 2. The first kappa shape index (κ1) is 15.4. The molecule has 0 aromatic heterocycles. The van der Waals surface area contributed by atoms with E-state index in [2.05, 4.69) is 21.1 Å². The lowest BCUT2D eigenvalue weighted by Gasteiger charge is -2.11. The van der Waals surface area contributed by atoms with E-state index >= 15 is 0 Å². The summed E-state index contributed by atoms with van der Waals surface area (Å²) in [6.07, 6.45) is 1.00. The summed E-state index contributed by atoms with van der Waals surface area (Å²) in [6, 6.07) is 10.6. The summed E-state index contributed by atoms with van der Waals surface area (Å²) in [5.41, 5.74) is 2.43. The molecule has 0 amide bonds. The Morgan fingerprint density at radius 1 is 1.10 bits per heavy atom. The van der Waals surface area contributed by atoms with Crippen LogP contribution in [0.3, 0.4) is 0 Å². The van der Waals surface area contributed by atoms with Gasteiger partial charge >= 0.3 is 0 Å². The maximum atomic E-state index is 9.98. The summed E-state index contributed by atoms with van der Waals surface area (Å²) >= 11 is 3.36. The minimum Gasteiger partial charge on any atom is -0.508 e. The van der Waals surface area contributed by atoms with Gasteiger partial charge in [0.2, 0.25) is 0 Å². The number of aryl methyl sites for hydroxylation is 1. The summed E-state index contributed by atoms with van der Waals surface area (Å²) in [5, 5.41) is 32.3. The van der Waals surface area contributed by atoms with Gasteiger partial charge in [-0.2, -0.15) is 0 Å². The van der Waals surface area contributed by atoms with Gasteiger partial charge in [0.15, 0.2) is 0 Å². The highest BCUT2D eigenvalue weighted by molar-refractivity contribution is 9.10. The van der Waals surface area contributed by atoms with E-state index in [1.54, 1.807) is 6.07 Å². The lowest BCUT2D eigenvalue weighted by molar-refractivity contribution is 0.318. The van der Waals surface area contributed by atoms with Crippen molar-refractivity contribution in [2.45, 2.75) is 19.8 Å². The Kier molecular flexibility index (Phi) is 4.85. The monoisotopic (exact) mass is 349 g/mol. The standard InChI is InChI=1S/C16H16BrNO3/c1-2-11-8-13(16(20)9-15(11)19)14(18-21)7-10-3-5-12(17)6-4-10/h3-6,8-9,19-21H,2,7H2,1H3. The van der Waals surface area contributed by atoms with Crippen LogP contribution in [0.25, 0.3) is 0 Å². The second-order valence-corrected chi connectivity index (χ2v) is 5.62. The van der Waals surface area contributed by atoms with Crippen molar-refractivity contribution in [3.8, 4) is 11.5 Å². The van der Waals surface area contributed by atoms with Gasteiger partial charge in [-0.3, -0.25) is 0 Å². The van der Waals surface area contributed by atoms with Gasteiger partial charge in [0.25, 0.3) is 0 Å². The third-order valence-electron chi connectivity index (χ3n) is 3.29. The highest BCUT2D eigenvalue weighted by atomic mass is 79.9. The van der Waals surface area contributed by atoms with Crippen LogP contribution in [0.4, 0.5) is 0 Å². The number of phenolic OH excluding ortho intramolecular Hbond substituents is 2. The zero-order chi connectivity index (χ0) is 15.4. The van der Waals surface area contributed by atoms with Crippen LogP contribution >= 0.6 is 15.9 Å². The maximum absolute atomic E-state index is 9.98. The highest BCUT2D eigenvalue weighted by Crippen LogP contribution is 2.29. The van der Waals surface area contributed by atoms with E-state index in [1.807, 2.05) is 31.2 Å². The summed E-state index contributed by atoms with van der Waals surface area (Å²) < 4.78 is 0.967. The molecule has 0 saturated carbocycles. The van der Waals surface area contributed by atoms with Crippen molar-refractivity contribution in [3.05, 3.63) is 57.6 Å². The van der Waals surface area contributed by atoms with Gasteiger partial charge in [-0.15, -0.1) is 0 Å². The third kappa shape index (κ3) is 3.55. The number of oxime groups is 1. The molecule has 0 aliphatic carbocycles. The Bertz CT molecular complexity index is 666. The molecule has 4 nitrogen and oxygen atoms in total. The number of hydrogen-bond donors (Lipinski definition) is 3. The van der Waals surface area contributed by atoms with Crippen molar-refractivity contribution in [1.82, 2.24) is 0 Å². The van der Waals surface area contributed by atoms with Crippen molar-refractivity contribution in [3.63, 3.8) is 0 Å². The van der Waals surface area contributed by atoms with E-state index in [0.29, 0.717) is 29.7 Å². The van der Waals surface area contributed by atoms with E-state index < -0.39 is 0 Å². The Morgan fingerprint density at radius 3 is 2.33 bits per heavy atom. The smallest absolute Gasteiger partial charge is 0.128 e. The molecule has 0 aliphatic heterocycles. The molecule has 5 heteroatoms. The first-order valence-corrected chi connectivity index (χ1v) is 7.35. The average Bonchev–Trinajstić information content (AvgIpc) is 2.47. The van der Waals surface area contributed by atoms with Crippen LogP contribution in [0.1, 0.15) is 23.6 Å². The second kappa shape index (κ2) is 6.63. The van der Waals surface area contributed by atoms with Crippen LogP contribution < -0.4 is 0 Å². The first-order chi connectivity index (χ1) is 10.0. The quantitative estimate of drug-likeness (QED) is 0.446. The van der Waals surface area contributed by atoms with Crippen LogP contribution in [0.5, 0.6) is 11.5 Å². The summed E-state index contributed by atoms with van der Waals surface area (Å²) in [6.45, 7) is 1.90. The Balaban J connectivity index is 2.36. The van der Waals surface area contributed by atoms with Gasteiger partial charge < -0.3 is 15.4 Å². The molecular weight excluding hydrogens is 334 g/mol. The predicted molar refractivity (Wildman–Crippen MR) is 85.3 cm³/mol. The molecule has 2 rings (SSSR count). The van der Waals surface area contributed by atoms with Crippen molar-refractivity contribution < 1.29 is 15.4 Å². The van der Waals surface area contributed by atoms with Gasteiger partial charge in [0.1, 0.15) is 11.5 Å². The minimum atomic E-state index is -0.102. The Morgan fingerprint density at radius 2 is 1.76 bits per heavy atom. The normalized spacial score (nSPS) is 11.6. The van der Waals surface area contributed by atoms with Crippen molar-refractivity contribution >= 4 is 21.6 Å². The fourth-order valence-electron chi connectivity index (χ4n) is 2.12. The molecule has 0 fully saturated rings. The van der Waals surface area contributed by atoms with Gasteiger partial charge in [-0.05, 0) is 35.7 Å².